The summed E-state index contributed by atoms with van der Waals surface area (Å²) in [5.41, 5.74) is 0.543. The molecule has 17 heavy (non-hydrogen) atoms. The van der Waals surface area contributed by atoms with Crippen molar-refractivity contribution in [2.45, 2.75) is 20.0 Å². The zero-order valence-electron chi connectivity index (χ0n) is 9.77. The summed E-state index contributed by atoms with van der Waals surface area (Å²) in [5.74, 6) is -0.0172. The van der Waals surface area contributed by atoms with Gasteiger partial charge < -0.3 is 14.6 Å². The maximum Gasteiger partial charge on any atom is 0.344 e. The van der Waals surface area contributed by atoms with Crippen LogP contribution in [0.1, 0.15) is 25.5 Å². The number of halogens is 1. The Kier molecular flexibility index (Phi) is 5.25. The molecule has 5 heteroatoms. The van der Waals surface area contributed by atoms with Gasteiger partial charge in [-0.25, -0.2) is 4.79 Å². The molecule has 0 radical (unpaired) electrons. The molecule has 0 amide bonds. The van der Waals surface area contributed by atoms with Crippen molar-refractivity contribution in [2.75, 3.05) is 13.2 Å². The first kappa shape index (κ1) is 13.8. The SMILES string of the molecule is CCOC(=O)COc1ccc(Cl)cc1C(C)O. The third-order valence-electron chi connectivity index (χ3n) is 2.07. The molecule has 1 aromatic carbocycles. The van der Waals surface area contributed by atoms with E-state index in [-0.39, 0.29) is 6.61 Å². The number of aliphatic hydroxyl groups is 1. The van der Waals surface area contributed by atoms with Gasteiger partial charge in [-0.3, -0.25) is 0 Å². The van der Waals surface area contributed by atoms with Crippen LogP contribution in [-0.2, 0) is 9.53 Å². The zero-order chi connectivity index (χ0) is 12.8. The third-order valence-corrected chi connectivity index (χ3v) is 2.31. The molecule has 0 bridgehead atoms. The fraction of sp³-hybridized carbons (Fsp3) is 0.417. The predicted octanol–water partition coefficient (Wildman–Crippen LogP) is 2.34. The van der Waals surface area contributed by atoms with Gasteiger partial charge in [-0.15, -0.1) is 0 Å². The summed E-state index contributed by atoms with van der Waals surface area (Å²) in [7, 11) is 0. The van der Waals surface area contributed by atoms with E-state index in [0.717, 1.165) is 0 Å². The van der Waals surface area contributed by atoms with Gasteiger partial charge in [0.1, 0.15) is 5.75 Å². The van der Waals surface area contributed by atoms with Gasteiger partial charge in [0.05, 0.1) is 12.7 Å². The number of benzene rings is 1. The first-order chi connectivity index (χ1) is 8.04. The van der Waals surface area contributed by atoms with Crippen molar-refractivity contribution < 1.29 is 19.4 Å². The quantitative estimate of drug-likeness (QED) is 0.824. The molecule has 0 fully saturated rings. The zero-order valence-corrected chi connectivity index (χ0v) is 10.5. The summed E-state index contributed by atoms with van der Waals surface area (Å²) >= 11 is 5.82. The molecule has 0 aliphatic heterocycles. The number of carbonyl (C=O) groups excluding carboxylic acids is 1. The molecule has 0 spiro atoms. The lowest BCUT2D eigenvalue weighted by atomic mass is 10.1. The van der Waals surface area contributed by atoms with Gasteiger partial charge in [-0.05, 0) is 32.0 Å². The first-order valence-corrected chi connectivity index (χ1v) is 5.68. The van der Waals surface area contributed by atoms with E-state index >= 15 is 0 Å². The number of carbonyl (C=O) groups is 1. The number of ether oxygens (including phenoxy) is 2. The van der Waals surface area contributed by atoms with Crippen LogP contribution in [0.15, 0.2) is 18.2 Å². The lowest BCUT2D eigenvalue weighted by molar-refractivity contribution is -0.145. The first-order valence-electron chi connectivity index (χ1n) is 5.30. The minimum absolute atomic E-state index is 0.185. The summed E-state index contributed by atoms with van der Waals surface area (Å²) < 4.78 is 10.0. The minimum Gasteiger partial charge on any atom is -0.482 e. The van der Waals surface area contributed by atoms with E-state index < -0.39 is 12.1 Å². The van der Waals surface area contributed by atoms with Crippen LogP contribution in [0.25, 0.3) is 0 Å². The fourth-order valence-corrected chi connectivity index (χ4v) is 1.50. The molecule has 1 aromatic rings. The van der Waals surface area contributed by atoms with E-state index in [0.29, 0.717) is 22.9 Å². The standard InChI is InChI=1S/C12H15ClO4/c1-3-16-12(15)7-17-11-5-4-9(13)6-10(11)8(2)14/h4-6,8,14H,3,7H2,1-2H3. The second-order valence-electron chi connectivity index (χ2n) is 3.45. The summed E-state index contributed by atoms with van der Waals surface area (Å²) in [6.45, 7) is 3.45. The smallest absolute Gasteiger partial charge is 0.344 e. The molecule has 4 nitrogen and oxygen atoms in total. The molecule has 1 rings (SSSR count). The molecule has 0 heterocycles. The minimum atomic E-state index is -0.717. The molecule has 0 aliphatic carbocycles. The van der Waals surface area contributed by atoms with Crippen LogP contribution < -0.4 is 4.74 Å². The Morgan fingerprint density at radius 1 is 1.53 bits per heavy atom. The molecule has 0 aromatic heterocycles. The number of aliphatic hydroxyl groups excluding tert-OH is 1. The summed E-state index contributed by atoms with van der Waals surface area (Å²) in [6.07, 6.45) is -0.717. The van der Waals surface area contributed by atoms with E-state index in [1.807, 2.05) is 0 Å². The normalized spacial score (nSPS) is 12.0. The topological polar surface area (TPSA) is 55.8 Å². The highest BCUT2D eigenvalue weighted by atomic mass is 35.5. The highest BCUT2D eigenvalue weighted by Crippen LogP contribution is 2.28. The molecule has 1 atom stereocenters. The Hall–Kier alpha value is -1.26. The lowest BCUT2D eigenvalue weighted by Crippen LogP contribution is -2.15. The number of rotatable bonds is 5. The molecule has 1 unspecified atom stereocenters. The second-order valence-corrected chi connectivity index (χ2v) is 3.89. The third kappa shape index (κ3) is 4.24. The van der Waals surface area contributed by atoms with Crippen LogP contribution in [0, 0.1) is 0 Å². The van der Waals surface area contributed by atoms with Crippen molar-refractivity contribution in [3.63, 3.8) is 0 Å². The van der Waals surface area contributed by atoms with Gasteiger partial charge >= 0.3 is 5.97 Å². The average Bonchev–Trinajstić information content (AvgIpc) is 2.27. The van der Waals surface area contributed by atoms with Crippen LogP contribution in [-0.4, -0.2) is 24.3 Å². The Labute approximate surface area is 105 Å². The highest BCUT2D eigenvalue weighted by molar-refractivity contribution is 6.30. The van der Waals surface area contributed by atoms with Crippen LogP contribution >= 0.6 is 11.6 Å². The molecule has 0 aliphatic rings. The molecule has 0 saturated heterocycles. The van der Waals surface area contributed by atoms with Crippen molar-refractivity contribution >= 4 is 17.6 Å². The van der Waals surface area contributed by atoms with Crippen LogP contribution in [0.2, 0.25) is 5.02 Å². The maximum absolute atomic E-state index is 11.1. The number of esters is 1. The van der Waals surface area contributed by atoms with Crippen molar-refractivity contribution in [2.24, 2.45) is 0 Å². The van der Waals surface area contributed by atoms with Crippen molar-refractivity contribution in [3.05, 3.63) is 28.8 Å². The Bertz CT molecular complexity index is 390. The lowest BCUT2D eigenvalue weighted by Gasteiger charge is -2.13. The number of hydrogen-bond acceptors (Lipinski definition) is 4. The van der Waals surface area contributed by atoms with E-state index in [1.54, 1.807) is 32.0 Å². The van der Waals surface area contributed by atoms with Crippen LogP contribution in [0.3, 0.4) is 0 Å². The highest BCUT2D eigenvalue weighted by Gasteiger charge is 2.11. The van der Waals surface area contributed by atoms with Crippen LogP contribution in [0.4, 0.5) is 0 Å². The number of hydrogen-bond donors (Lipinski definition) is 1. The largest absolute Gasteiger partial charge is 0.482 e. The average molecular weight is 259 g/mol. The molecular weight excluding hydrogens is 244 g/mol. The molecular formula is C12H15ClO4. The molecule has 1 N–H and O–H groups in total. The van der Waals surface area contributed by atoms with Crippen molar-refractivity contribution in [1.82, 2.24) is 0 Å². The van der Waals surface area contributed by atoms with E-state index in [1.165, 1.54) is 0 Å². The van der Waals surface area contributed by atoms with Crippen molar-refractivity contribution in [3.8, 4) is 5.75 Å². The second kappa shape index (κ2) is 6.47. The monoisotopic (exact) mass is 258 g/mol. The molecule has 0 saturated carbocycles. The molecule has 94 valence electrons. The van der Waals surface area contributed by atoms with E-state index in [4.69, 9.17) is 21.1 Å². The van der Waals surface area contributed by atoms with Gasteiger partial charge in [0.25, 0.3) is 0 Å². The summed E-state index contributed by atoms with van der Waals surface area (Å²) in [5, 5.41) is 10.0. The van der Waals surface area contributed by atoms with E-state index in [9.17, 15) is 9.90 Å². The van der Waals surface area contributed by atoms with Gasteiger partial charge in [0, 0.05) is 10.6 Å². The Balaban J connectivity index is 2.73. The van der Waals surface area contributed by atoms with Gasteiger partial charge in [0.2, 0.25) is 0 Å². The van der Waals surface area contributed by atoms with Crippen LogP contribution in [0.5, 0.6) is 5.75 Å². The van der Waals surface area contributed by atoms with Crippen molar-refractivity contribution in [1.29, 1.82) is 0 Å². The summed E-state index contributed by atoms with van der Waals surface area (Å²) in [4.78, 5) is 11.1. The van der Waals surface area contributed by atoms with Gasteiger partial charge in [-0.2, -0.15) is 0 Å². The predicted molar refractivity (Wildman–Crippen MR) is 64.2 cm³/mol. The van der Waals surface area contributed by atoms with Gasteiger partial charge in [0.15, 0.2) is 6.61 Å². The maximum atomic E-state index is 11.1. The summed E-state index contributed by atoms with van der Waals surface area (Å²) in [6, 6.07) is 4.85. The Morgan fingerprint density at radius 2 is 2.24 bits per heavy atom. The Morgan fingerprint density at radius 3 is 2.82 bits per heavy atom. The fourth-order valence-electron chi connectivity index (χ4n) is 1.32. The van der Waals surface area contributed by atoms with E-state index in [2.05, 4.69) is 0 Å². The van der Waals surface area contributed by atoms with Gasteiger partial charge in [-0.1, -0.05) is 11.6 Å².